The Kier molecular flexibility index (Phi) is 4.44. The van der Waals surface area contributed by atoms with E-state index in [1.165, 1.54) is 24.1 Å². The molecule has 114 valence electrons. The Morgan fingerprint density at radius 2 is 2.00 bits per heavy atom. The molecule has 2 heterocycles. The molecule has 4 nitrogen and oxygen atoms in total. The van der Waals surface area contributed by atoms with Gasteiger partial charge in [0, 0.05) is 31.9 Å². The van der Waals surface area contributed by atoms with Gasteiger partial charge in [-0.1, -0.05) is 12.1 Å². The number of anilines is 1. The molecular formula is C17H24N2O2. The standard InChI is InChI=1S/C17H24N2O2/c20-17(21)15-6-4-8-18(13-15)12-14-5-3-7-16(11-14)19-9-1-2-10-19/h3,5,7,11,15H,1-2,4,6,8-10,12-13H2,(H,20,21). The summed E-state index contributed by atoms with van der Waals surface area (Å²) < 4.78 is 0. The number of likely N-dealkylation sites (tertiary alicyclic amines) is 1. The molecule has 1 N–H and O–H groups in total. The van der Waals surface area contributed by atoms with E-state index < -0.39 is 5.97 Å². The van der Waals surface area contributed by atoms with Crippen LogP contribution in [0.4, 0.5) is 5.69 Å². The van der Waals surface area contributed by atoms with Crippen LogP contribution < -0.4 is 4.90 Å². The third-order valence-corrected chi connectivity index (χ3v) is 4.64. The highest BCUT2D eigenvalue weighted by Crippen LogP contribution is 2.23. The number of hydrogen-bond donors (Lipinski definition) is 1. The molecule has 1 atom stereocenters. The molecule has 3 rings (SSSR count). The van der Waals surface area contributed by atoms with E-state index in [1.54, 1.807) is 0 Å². The Morgan fingerprint density at radius 1 is 1.19 bits per heavy atom. The Morgan fingerprint density at radius 3 is 2.76 bits per heavy atom. The van der Waals surface area contributed by atoms with Crippen molar-refractivity contribution in [1.29, 1.82) is 0 Å². The molecule has 2 aliphatic heterocycles. The molecule has 0 saturated carbocycles. The Labute approximate surface area is 126 Å². The van der Waals surface area contributed by atoms with Crippen LogP contribution in [0.25, 0.3) is 0 Å². The average Bonchev–Trinajstić information content (AvgIpc) is 3.02. The second kappa shape index (κ2) is 6.48. The first-order valence-corrected chi connectivity index (χ1v) is 8.01. The summed E-state index contributed by atoms with van der Waals surface area (Å²) in [5, 5.41) is 9.18. The van der Waals surface area contributed by atoms with Crippen LogP contribution in [0, 0.1) is 5.92 Å². The summed E-state index contributed by atoms with van der Waals surface area (Å²) >= 11 is 0. The van der Waals surface area contributed by atoms with Gasteiger partial charge in [-0.05, 0) is 49.9 Å². The molecule has 0 aromatic heterocycles. The number of carboxylic acid groups (broad SMARTS) is 1. The predicted molar refractivity (Wildman–Crippen MR) is 83.5 cm³/mol. The summed E-state index contributed by atoms with van der Waals surface area (Å²) in [6.45, 7) is 4.88. The van der Waals surface area contributed by atoms with Gasteiger partial charge in [0.15, 0.2) is 0 Å². The van der Waals surface area contributed by atoms with Crippen molar-refractivity contribution in [3.8, 4) is 0 Å². The van der Waals surface area contributed by atoms with E-state index in [4.69, 9.17) is 0 Å². The van der Waals surface area contributed by atoms with E-state index in [0.29, 0.717) is 6.54 Å². The molecule has 0 amide bonds. The smallest absolute Gasteiger partial charge is 0.307 e. The van der Waals surface area contributed by atoms with Gasteiger partial charge in [0.05, 0.1) is 5.92 Å². The second-order valence-corrected chi connectivity index (χ2v) is 6.28. The van der Waals surface area contributed by atoms with Gasteiger partial charge < -0.3 is 10.0 Å². The van der Waals surface area contributed by atoms with E-state index in [2.05, 4.69) is 34.1 Å². The van der Waals surface area contributed by atoms with Gasteiger partial charge in [0.1, 0.15) is 0 Å². The zero-order chi connectivity index (χ0) is 14.7. The molecular weight excluding hydrogens is 264 g/mol. The first kappa shape index (κ1) is 14.4. The third kappa shape index (κ3) is 3.56. The summed E-state index contributed by atoms with van der Waals surface area (Å²) in [4.78, 5) is 15.9. The largest absolute Gasteiger partial charge is 0.481 e. The van der Waals surface area contributed by atoms with Gasteiger partial charge in [-0.2, -0.15) is 0 Å². The van der Waals surface area contributed by atoms with E-state index in [1.807, 2.05) is 0 Å². The van der Waals surface area contributed by atoms with Gasteiger partial charge in [0.2, 0.25) is 0 Å². The predicted octanol–water partition coefficient (Wildman–Crippen LogP) is 2.58. The highest BCUT2D eigenvalue weighted by Gasteiger charge is 2.25. The van der Waals surface area contributed by atoms with Gasteiger partial charge in [-0.15, -0.1) is 0 Å². The lowest BCUT2D eigenvalue weighted by Gasteiger charge is -2.30. The minimum Gasteiger partial charge on any atom is -0.481 e. The molecule has 0 radical (unpaired) electrons. The van der Waals surface area contributed by atoms with Crippen LogP contribution in [0.5, 0.6) is 0 Å². The van der Waals surface area contributed by atoms with Crippen molar-refractivity contribution in [3.63, 3.8) is 0 Å². The summed E-state index contributed by atoms with van der Waals surface area (Å²) in [6.07, 6.45) is 4.38. The van der Waals surface area contributed by atoms with Crippen LogP contribution >= 0.6 is 0 Å². The number of benzene rings is 1. The molecule has 1 unspecified atom stereocenters. The molecule has 0 bridgehead atoms. The summed E-state index contributed by atoms with van der Waals surface area (Å²) in [5.74, 6) is -0.842. The quantitative estimate of drug-likeness (QED) is 0.925. The van der Waals surface area contributed by atoms with Gasteiger partial charge in [-0.25, -0.2) is 0 Å². The van der Waals surface area contributed by atoms with Gasteiger partial charge >= 0.3 is 5.97 Å². The summed E-state index contributed by atoms with van der Waals surface area (Å²) in [5.41, 5.74) is 2.61. The fourth-order valence-corrected chi connectivity index (χ4v) is 3.49. The highest BCUT2D eigenvalue weighted by atomic mass is 16.4. The Balaban J connectivity index is 1.64. The van der Waals surface area contributed by atoms with Crippen LogP contribution in [0.3, 0.4) is 0 Å². The zero-order valence-electron chi connectivity index (χ0n) is 12.5. The average molecular weight is 288 g/mol. The first-order chi connectivity index (χ1) is 10.2. The molecule has 2 fully saturated rings. The maximum absolute atomic E-state index is 11.1. The Bertz CT molecular complexity index is 497. The van der Waals surface area contributed by atoms with Crippen molar-refractivity contribution in [2.24, 2.45) is 5.92 Å². The van der Waals surface area contributed by atoms with E-state index in [-0.39, 0.29) is 5.92 Å². The van der Waals surface area contributed by atoms with Crippen molar-refractivity contribution in [2.45, 2.75) is 32.2 Å². The van der Waals surface area contributed by atoms with Crippen LogP contribution in [0.15, 0.2) is 24.3 Å². The van der Waals surface area contributed by atoms with E-state index >= 15 is 0 Å². The molecule has 21 heavy (non-hydrogen) atoms. The van der Waals surface area contributed by atoms with Crippen molar-refractivity contribution < 1.29 is 9.90 Å². The van der Waals surface area contributed by atoms with E-state index in [9.17, 15) is 9.90 Å². The first-order valence-electron chi connectivity index (χ1n) is 8.01. The molecule has 0 spiro atoms. The van der Waals surface area contributed by atoms with Crippen LogP contribution in [0.1, 0.15) is 31.2 Å². The minimum atomic E-state index is -0.648. The number of piperidine rings is 1. The fourth-order valence-electron chi connectivity index (χ4n) is 3.49. The number of nitrogens with zero attached hydrogens (tertiary/aromatic N) is 2. The topological polar surface area (TPSA) is 43.8 Å². The number of carbonyl (C=O) groups is 1. The zero-order valence-corrected chi connectivity index (χ0v) is 12.5. The number of carboxylic acids is 1. The number of hydrogen-bond acceptors (Lipinski definition) is 3. The van der Waals surface area contributed by atoms with Crippen molar-refractivity contribution in [2.75, 3.05) is 31.1 Å². The monoisotopic (exact) mass is 288 g/mol. The molecule has 4 heteroatoms. The molecule has 2 saturated heterocycles. The van der Waals surface area contributed by atoms with Crippen molar-refractivity contribution in [1.82, 2.24) is 4.90 Å². The number of rotatable bonds is 4. The fraction of sp³-hybridized carbons (Fsp3) is 0.588. The molecule has 2 aliphatic rings. The highest BCUT2D eigenvalue weighted by molar-refractivity contribution is 5.70. The number of aliphatic carboxylic acids is 1. The second-order valence-electron chi connectivity index (χ2n) is 6.28. The van der Waals surface area contributed by atoms with Crippen molar-refractivity contribution in [3.05, 3.63) is 29.8 Å². The SMILES string of the molecule is O=C(O)C1CCCN(Cc2cccc(N3CCCC3)c2)C1. The van der Waals surface area contributed by atoms with Crippen LogP contribution in [-0.4, -0.2) is 42.2 Å². The van der Waals surface area contributed by atoms with Crippen LogP contribution in [0.2, 0.25) is 0 Å². The lowest BCUT2D eigenvalue weighted by atomic mass is 9.98. The molecule has 1 aromatic rings. The molecule has 0 aliphatic carbocycles. The molecule has 1 aromatic carbocycles. The van der Waals surface area contributed by atoms with Crippen LogP contribution in [-0.2, 0) is 11.3 Å². The maximum atomic E-state index is 11.1. The van der Waals surface area contributed by atoms with Gasteiger partial charge in [-0.3, -0.25) is 9.69 Å². The summed E-state index contributed by atoms with van der Waals surface area (Å²) in [6, 6.07) is 8.74. The normalized spacial score (nSPS) is 23.4. The Hall–Kier alpha value is -1.55. The maximum Gasteiger partial charge on any atom is 0.307 e. The summed E-state index contributed by atoms with van der Waals surface area (Å²) in [7, 11) is 0. The van der Waals surface area contributed by atoms with E-state index in [0.717, 1.165) is 39.0 Å². The third-order valence-electron chi connectivity index (χ3n) is 4.64. The van der Waals surface area contributed by atoms with Gasteiger partial charge in [0.25, 0.3) is 0 Å². The minimum absolute atomic E-state index is 0.194. The lowest BCUT2D eigenvalue weighted by Crippen LogP contribution is -2.38. The lowest BCUT2D eigenvalue weighted by molar-refractivity contribution is -0.143. The van der Waals surface area contributed by atoms with Crippen molar-refractivity contribution >= 4 is 11.7 Å².